The van der Waals surface area contributed by atoms with Crippen LogP contribution in [0, 0.1) is 6.92 Å². The fraction of sp³-hybridized carbons (Fsp3) is 0.667. The summed E-state index contributed by atoms with van der Waals surface area (Å²) in [6, 6.07) is 2.63. The van der Waals surface area contributed by atoms with Gasteiger partial charge >= 0.3 is 0 Å². The largest absolute Gasteiger partial charge is 0.380 e. The van der Waals surface area contributed by atoms with Gasteiger partial charge in [-0.05, 0) is 44.2 Å². The van der Waals surface area contributed by atoms with Crippen LogP contribution < -0.4 is 5.32 Å². The zero-order valence-electron chi connectivity index (χ0n) is 9.88. The molecule has 3 heteroatoms. The lowest BCUT2D eigenvalue weighted by Crippen LogP contribution is -2.32. The molecule has 1 aromatic heterocycles. The normalized spacial score (nSPS) is 13.0. The Hall–Kier alpha value is -0.380. The van der Waals surface area contributed by atoms with Crippen LogP contribution in [0.4, 0.5) is 0 Å². The number of thiophene rings is 1. The van der Waals surface area contributed by atoms with Crippen LogP contribution in [0.1, 0.15) is 24.3 Å². The third kappa shape index (κ3) is 4.78. The summed E-state index contributed by atoms with van der Waals surface area (Å²) in [5.74, 6) is 0. The second-order valence-corrected chi connectivity index (χ2v) is 4.79. The maximum absolute atomic E-state index is 5.35. The van der Waals surface area contributed by atoms with Gasteiger partial charge in [0.25, 0.3) is 0 Å². The minimum Gasteiger partial charge on any atom is -0.380 e. The monoisotopic (exact) mass is 227 g/mol. The number of nitrogens with one attached hydrogen (secondary N) is 1. The predicted octanol–water partition coefficient (Wildman–Crippen LogP) is 2.61. The van der Waals surface area contributed by atoms with Gasteiger partial charge in [0.05, 0.1) is 6.61 Å². The van der Waals surface area contributed by atoms with E-state index < -0.39 is 0 Å². The first-order valence-electron chi connectivity index (χ1n) is 5.58. The Kier molecular flexibility index (Phi) is 5.91. The standard InChI is InChI=1S/C12H21NOS/c1-4-14-9-11(3)13-7-5-12-10(2)6-8-15-12/h6,8,11,13H,4-5,7,9H2,1-3H3. The molecule has 2 nitrogen and oxygen atoms in total. The van der Waals surface area contributed by atoms with Crippen molar-refractivity contribution in [2.45, 2.75) is 33.2 Å². The Morgan fingerprint density at radius 1 is 1.53 bits per heavy atom. The van der Waals surface area contributed by atoms with E-state index in [2.05, 4.69) is 30.6 Å². The maximum Gasteiger partial charge on any atom is 0.0616 e. The summed E-state index contributed by atoms with van der Waals surface area (Å²) in [5.41, 5.74) is 1.42. The van der Waals surface area contributed by atoms with Crippen LogP contribution in [0.3, 0.4) is 0 Å². The molecule has 1 heterocycles. The molecule has 1 rings (SSSR count). The molecule has 0 saturated heterocycles. The fourth-order valence-corrected chi connectivity index (χ4v) is 2.36. The van der Waals surface area contributed by atoms with Crippen molar-refractivity contribution < 1.29 is 4.74 Å². The smallest absolute Gasteiger partial charge is 0.0616 e. The van der Waals surface area contributed by atoms with Crippen molar-refractivity contribution in [3.63, 3.8) is 0 Å². The molecular formula is C12H21NOS. The molecule has 1 aromatic rings. The van der Waals surface area contributed by atoms with E-state index in [0.717, 1.165) is 26.2 Å². The molecule has 86 valence electrons. The van der Waals surface area contributed by atoms with Crippen LogP contribution in [0.2, 0.25) is 0 Å². The van der Waals surface area contributed by atoms with Gasteiger partial charge in [-0.25, -0.2) is 0 Å². The molecule has 0 fully saturated rings. The molecule has 0 aliphatic heterocycles. The van der Waals surface area contributed by atoms with E-state index in [1.54, 1.807) is 0 Å². The van der Waals surface area contributed by atoms with Crippen molar-refractivity contribution in [2.24, 2.45) is 0 Å². The van der Waals surface area contributed by atoms with E-state index in [1.165, 1.54) is 10.4 Å². The Balaban J connectivity index is 2.13. The van der Waals surface area contributed by atoms with Gasteiger partial charge in [0, 0.05) is 24.1 Å². The van der Waals surface area contributed by atoms with Crippen molar-refractivity contribution in [1.82, 2.24) is 5.32 Å². The molecule has 0 amide bonds. The van der Waals surface area contributed by atoms with Crippen molar-refractivity contribution in [3.8, 4) is 0 Å². The molecule has 15 heavy (non-hydrogen) atoms. The van der Waals surface area contributed by atoms with Crippen molar-refractivity contribution >= 4 is 11.3 Å². The summed E-state index contributed by atoms with van der Waals surface area (Å²) < 4.78 is 5.35. The molecule has 1 atom stereocenters. The number of rotatable bonds is 7. The van der Waals surface area contributed by atoms with Gasteiger partial charge in [-0.15, -0.1) is 11.3 Å². The summed E-state index contributed by atoms with van der Waals surface area (Å²) in [6.45, 7) is 9.01. The third-order valence-corrected chi connectivity index (χ3v) is 3.47. The highest BCUT2D eigenvalue weighted by atomic mass is 32.1. The number of hydrogen-bond acceptors (Lipinski definition) is 3. The number of aryl methyl sites for hydroxylation is 1. The second kappa shape index (κ2) is 6.99. The molecule has 1 N–H and O–H groups in total. The van der Waals surface area contributed by atoms with Gasteiger partial charge in [-0.2, -0.15) is 0 Å². The van der Waals surface area contributed by atoms with E-state index in [0.29, 0.717) is 6.04 Å². The first-order chi connectivity index (χ1) is 7.24. The Bertz CT molecular complexity index is 272. The van der Waals surface area contributed by atoms with Gasteiger partial charge in [0.2, 0.25) is 0 Å². The molecular weight excluding hydrogens is 206 g/mol. The molecule has 0 aromatic carbocycles. The SMILES string of the molecule is CCOCC(C)NCCc1sccc1C. The zero-order chi connectivity index (χ0) is 11.1. The number of ether oxygens (including phenoxy) is 1. The summed E-state index contributed by atoms with van der Waals surface area (Å²) >= 11 is 1.85. The Labute approximate surface area is 96.7 Å². The number of hydrogen-bond donors (Lipinski definition) is 1. The highest BCUT2D eigenvalue weighted by Crippen LogP contribution is 2.15. The fourth-order valence-electron chi connectivity index (χ4n) is 1.45. The first kappa shape index (κ1) is 12.7. The zero-order valence-corrected chi connectivity index (χ0v) is 10.7. The van der Waals surface area contributed by atoms with E-state index >= 15 is 0 Å². The average Bonchev–Trinajstić information content (AvgIpc) is 2.61. The predicted molar refractivity (Wildman–Crippen MR) is 66.7 cm³/mol. The summed E-state index contributed by atoms with van der Waals surface area (Å²) in [6.07, 6.45) is 1.12. The minimum absolute atomic E-state index is 0.449. The average molecular weight is 227 g/mol. The third-order valence-electron chi connectivity index (χ3n) is 2.39. The van der Waals surface area contributed by atoms with E-state index in [-0.39, 0.29) is 0 Å². The Morgan fingerprint density at radius 2 is 2.33 bits per heavy atom. The van der Waals surface area contributed by atoms with Crippen molar-refractivity contribution in [1.29, 1.82) is 0 Å². The maximum atomic E-state index is 5.35. The molecule has 0 saturated carbocycles. The second-order valence-electron chi connectivity index (χ2n) is 3.79. The van der Waals surface area contributed by atoms with Crippen molar-refractivity contribution in [2.75, 3.05) is 19.8 Å². The Morgan fingerprint density at radius 3 is 2.93 bits per heavy atom. The van der Waals surface area contributed by atoms with Crippen molar-refractivity contribution in [3.05, 3.63) is 21.9 Å². The summed E-state index contributed by atoms with van der Waals surface area (Å²) in [5, 5.41) is 5.63. The van der Waals surface area contributed by atoms with Crippen LogP contribution in [0.5, 0.6) is 0 Å². The summed E-state index contributed by atoms with van der Waals surface area (Å²) in [4.78, 5) is 1.49. The van der Waals surface area contributed by atoms with Crippen LogP contribution in [0.25, 0.3) is 0 Å². The van der Waals surface area contributed by atoms with Gasteiger partial charge in [-0.3, -0.25) is 0 Å². The molecule has 0 aliphatic carbocycles. The van der Waals surface area contributed by atoms with Crippen LogP contribution in [0.15, 0.2) is 11.4 Å². The highest BCUT2D eigenvalue weighted by molar-refractivity contribution is 7.10. The lowest BCUT2D eigenvalue weighted by atomic mass is 10.2. The van der Waals surface area contributed by atoms with Gasteiger partial charge in [0.1, 0.15) is 0 Å². The molecule has 0 radical (unpaired) electrons. The molecule has 0 spiro atoms. The van der Waals surface area contributed by atoms with Crippen LogP contribution in [-0.4, -0.2) is 25.8 Å². The lowest BCUT2D eigenvalue weighted by molar-refractivity contribution is 0.127. The molecule has 0 bridgehead atoms. The molecule has 1 unspecified atom stereocenters. The van der Waals surface area contributed by atoms with Gasteiger partial charge in [0.15, 0.2) is 0 Å². The van der Waals surface area contributed by atoms with E-state index in [1.807, 2.05) is 18.3 Å². The highest BCUT2D eigenvalue weighted by Gasteiger charge is 2.02. The first-order valence-corrected chi connectivity index (χ1v) is 6.46. The lowest BCUT2D eigenvalue weighted by Gasteiger charge is -2.13. The van der Waals surface area contributed by atoms with E-state index in [9.17, 15) is 0 Å². The summed E-state index contributed by atoms with van der Waals surface area (Å²) in [7, 11) is 0. The topological polar surface area (TPSA) is 21.3 Å². The van der Waals surface area contributed by atoms with Gasteiger partial charge < -0.3 is 10.1 Å². The van der Waals surface area contributed by atoms with E-state index in [4.69, 9.17) is 4.74 Å². The molecule has 0 aliphatic rings. The van der Waals surface area contributed by atoms with Crippen LogP contribution >= 0.6 is 11.3 Å². The minimum atomic E-state index is 0.449. The quantitative estimate of drug-likeness (QED) is 0.773. The van der Waals surface area contributed by atoms with Gasteiger partial charge in [-0.1, -0.05) is 0 Å². The van der Waals surface area contributed by atoms with Crippen LogP contribution in [-0.2, 0) is 11.2 Å².